The summed E-state index contributed by atoms with van der Waals surface area (Å²) in [4.78, 5) is 64.2. The number of fused-ring (bicyclic) bond motifs is 5. The monoisotopic (exact) mass is 714 g/mol. The number of aliphatic hydroxyl groups excluding tert-OH is 4. The van der Waals surface area contributed by atoms with Crippen LogP contribution in [-0.2, 0) is 33.4 Å². The van der Waals surface area contributed by atoms with E-state index in [0.29, 0.717) is 48.3 Å². The van der Waals surface area contributed by atoms with E-state index in [0.717, 1.165) is 24.7 Å². The van der Waals surface area contributed by atoms with Crippen molar-refractivity contribution in [1.29, 1.82) is 0 Å². The molecule has 6 aliphatic rings. The Bertz CT molecular complexity index is 1450. The van der Waals surface area contributed by atoms with E-state index in [1.807, 2.05) is 0 Å². The summed E-state index contributed by atoms with van der Waals surface area (Å²) in [6.07, 6.45) is 4.02. The average Bonchev–Trinajstić information content (AvgIpc) is 3.44. The number of Topliss-reactive ketones (excluding diaryl/α,β-unsaturated/α-hetero) is 5. The first-order chi connectivity index (χ1) is 24.0. The predicted molar refractivity (Wildman–Crippen MR) is 184 cm³/mol. The van der Waals surface area contributed by atoms with Gasteiger partial charge in [0, 0.05) is 0 Å². The lowest BCUT2D eigenvalue weighted by atomic mass is 9.47. The first-order valence-electron chi connectivity index (χ1n) is 19.4. The van der Waals surface area contributed by atoms with Gasteiger partial charge in [0.05, 0.1) is 19.1 Å². The summed E-state index contributed by atoms with van der Waals surface area (Å²) >= 11 is 0. The van der Waals surface area contributed by atoms with Crippen molar-refractivity contribution in [3.05, 3.63) is 11.6 Å². The van der Waals surface area contributed by atoms with Crippen LogP contribution in [0.1, 0.15) is 112 Å². The Kier molecular flexibility index (Phi) is 10.8. The van der Waals surface area contributed by atoms with E-state index in [1.54, 1.807) is 0 Å². The highest BCUT2D eigenvalue weighted by Crippen LogP contribution is 2.67. The topological polar surface area (TPSA) is 185 Å². The smallest absolute Gasteiger partial charge is 0.265 e. The summed E-state index contributed by atoms with van der Waals surface area (Å²) in [6.45, 7) is 11.1. The molecule has 6 rings (SSSR count). The molecule has 1 saturated heterocycles. The second-order valence-corrected chi connectivity index (χ2v) is 17.8. The third kappa shape index (κ3) is 6.35. The van der Waals surface area contributed by atoms with Crippen LogP contribution < -0.4 is 0 Å². The van der Waals surface area contributed by atoms with Gasteiger partial charge in [0.2, 0.25) is 17.3 Å². The van der Waals surface area contributed by atoms with Gasteiger partial charge in [-0.1, -0.05) is 65.5 Å². The van der Waals surface area contributed by atoms with Gasteiger partial charge >= 0.3 is 0 Å². The first kappa shape index (κ1) is 38.6. The molecule has 11 heteroatoms. The minimum Gasteiger partial charge on any atom is -0.394 e. The van der Waals surface area contributed by atoms with Crippen LogP contribution >= 0.6 is 0 Å². The molecule has 4 N–H and O–H groups in total. The molecule has 0 amide bonds. The summed E-state index contributed by atoms with van der Waals surface area (Å²) < 4.78 is 12.1. The van der Waals surface area contributed by atoms with Gasteiger partial charge in [0.25, 0.3) is 11.6 Å². The van der Waals surface area contributed by atoms with Crippen LogP contribution in [0.4, 0.5) is 0 Å². The van der Waals surface area contributed by atoms with Crippen molar-refractivity contribution in [2.75, 3.05) is 6.61 Å². The minimum absolute atomic E-state index is 0.111. The van der Waals surface area contributed by atoms with E-state index in [1.165, 1.54) is 44.1 Å². The van der Waals surface area contributed by atoms with E-state index >= 15 is 0 Å². The molecular weight excluding hydrogens is 656 g/mol. The van der Waals surface area contributed by atoms with Crippen LogP contribution in [0, 0.1) is 52.3 Å². The lowest BCUT2D eigenvalue weighted by molar-refractivity contribution is -0.357. The maximum atomic E-state index is 14.2. The molecule has 0 aromatic carbocycles. The molecule has 0 spiro atoms. The molecule has 1 unspecified atom stereocenters. The van der Waals surface area contributed by atoms with Crippen LogP contribution in [0.2, 0.25) is 0 Å². The molecule has 14 atom stereocenters. The molecule has 284 valence electrons. The van der Waals surface area contributed by atoms with E-state index in [2.05, 4.69) is 40.7 Å². The molecule has 1 aliphatic heterocycles. The van der Waals surface area contributed by atoms with Crippen LogP contribution in [-0.4, -0.2) is 92.3 Å². The molecule has 0 aromatic heterocycles. The van der Waals surface area contributed by atoms with Crippen LogP contribution in [0.15, 0.2) is 11.6 Å². The molecule has 51 heavy (non-hydrogen) atoms. The van der Waals surface area contributed by atoms with Gasteiger partial charge in [0.1, 0.15) is 30.3 Å². The Balaban J connectivity index is 1.23. The van der Waals surface area contributed by atoms with Gasteiger partial charge < -0.3 is 29.9 Å². The van der Waals surface area contributed by atoms with Crippen LogP contribution in [0.5, 0.6) is 0 Å². The number of allylic oxidation sites excluding steroid dienone is 1. The Morgan fingerprint density at radius 3 is 2.37 bits per heavy atom. The number of carbonyl (C=O) groups is 5. The highest BCUT2D eigenvalue weighted by molar-refractivity contribution is 6.71. The third-order valence-electron chi connectivity index (χ3n) is 14.6. The number of rotatable bonds is 10. The highest BCUT2D eigenvalue weighted by atomic mass is 16.7. The first-order valence-corrected chi connectivity index (χ1v) is 19.4. The van der Waals surface area contributed by atoms with E-state index in [-0.39, 0.29) is 5.41 Å². The van der Waals surface area contributed by atoms with Gasteiger partial charge in [-0.2, -0.15) is 0 Å². The maximum Gasteiger partial charge on any atom is 0.265 e. The molecule has 0 bridgehead atoms. The molecule has 5 fully saturated rings. The van der Waals surface area contributed by atoms with Crippen molar-refractivity contribution in [3.63, 3.8) is 0 Å². The third-order valence-corrected chi connectivity index (χ3v) is 14.6. The lowest BCUT2D eigenvalue weighted by Crippen LogP contribution is -2.72. The van der Waals surface area contributed by atoms with Crippen molar-refractivity contribution in [2.24, 2.45) is 52.3 Å². The Morgan fingerprint density at radius 1 is 0.961 bits per heavy atom. The molecular formula is C40H58O11. The predicted octanol–water partition coefficient (Wildman–Crippen LogP) is 3.45. The zero-order chi connectivity index (χ0) is 37.2. The summed E-state index contributed by atoms with van der Waals surface area (Å²) in [7, 11) is 0. The number of ether oxygens (including phenoxy) is 2. The Hall–Kier alpha value is -2.15. The van der Waals surface area contributed by atoms with Crippen molar-refractivity contribution in [1.82, 2.24) is 0 Å². The highest BCUT2D eigenvalue weighted by Gasteiger charge is 2.65. The number of carbonyl (C=O) groups excluding carboxylic acids is 5. The zero-order valence-electron chi connectivity index (χ0n) is 30.8. The SMILES string of the molecule is CC(C)CCC[C@@H](C)[C@H]1CC[C@H]2[C@@H]3CC=C4C[C@@H](O[C@]5(C(=O)C6C(=O)CC(=O)C(=O)C6=O)O[C@H](CO)[C@@H](O)[C@H](O)[C@H]5O)CC[C@]4(C)[C@H]3CC[C@]12C. The van der Waals surface area contributed by atoms with Crippen molar-refractivity contribution in [2.45, 2.75) is 148 Å². The van der Waals surface area contributed by atoms with Gasteiger partial charge in [-0.25, -0.2) is 0 Å². The zero-order valence-corrected chi connectivity index (χ0v) is 30.8. The number of hydrogen-bond acceptors (Lipinski definition) is 11. The summed E-state index contributed by atoms with van der Waals surface area (Å²) in [5, 5.41) is 42.6. The maximum absolute atomic E-state index is 14.2. The van der Waals surface area contributed by atoms with Crippen molar-refractivity contribution in [3.8, 4) is 0 Å². The van der Waals surface area contributed by atoms with Crippen molar-refractivity contribution < 1.29 is 53.9 Å². The second kappa shape index (κ2) is 14.3. The summed E-state index contributed by atoms with van der Waals surface area (Å²) in [5.41, 5.74) is 1.40. The number of ketones is 5. The minimum atomic E-state index is -2.86. The Labute approximate surface area is 300 Å². The fraction of sp³-hybridized carbons (Fsp3) is 0.825. The normalized spacial score (nSPS) is 44.9. The molecule has 11 nitrogen and oxygen atoms in total. The largest absolute Gasteiger partial charge is 0.394 e. The number of aliphatic hydroxyl groups is 4. The molecule has 4 saturated carbocycles. The number of hydrogen-bond donors (Lipinski definition) is 4. The van der Waals surface area contributed by atoms with E-state index in [4.69, 9.17) is 9.47 Å². The van der Waals surface area contributed by atoms with Gasteiger partial charge in [-0.05, 0) is 97.7 Å². The molecule has 5 aliphatic carbocycles. The standard InChI is InChI=1S/C40H58O11/c1-20(2)7-6-8-21(3)25-11-12-26-24-10-9-22-17-23(13-15-38(22,4)27(24)14-16-39(25,26)5)50-40(37(49)35(47)33(45)30(19-41)51-40)36(48)31-28(42)18-29(43)32(44)34(31)46/h9,20-21,23-27,30-31,33,35,37,41,45,47,49H,6-8,10-19H2,1-5H3/t21-,23+,24+,25-,26+,27+,30-,31?,33-,35+,37-,38+,39-,40-/m1/s1. The molecule has 0 radical (unpaired) electrons. The van der Waals surface area contributed by atoms with Crippen molar-refractivity contribution >= 4 is 28.9 Å². The molecule has 1 heterocycles. The van der Waals surface area contributed by atoms with Crippen LogP contribution in [0.25, 0.3) is 0 Å². The van der Waals surface area contributed by atoms with Gasteiger partial charge in [-0.15, -0.1) is 0 Å². The van der Waals surface area contributed by atoms with E-state index < -0.39 is 84.2 Å². The Morgan fingerprint density at radius 2 is 1.69 bits per heavy atom. The average molecular weight is 715 g/mol. The van der Waals surface area contributed by atoms with Crippen LogP contribution in [0.3, 0.4) is 0 Å². The summed E-state index contributed by atoms with van der Waals surface area (Å²) in [6, 6.07) is 0. The fourth-order valence-corrected chi connectivity index (χ4v) is 11.7. The second-order valence-electron chi connectivity index (χ2n) is 17.8. The fourth-order valence-electron chi connectivity index (χ4n) is 11.7. The van der Waals surface area contributed by atoms with Gasteiger partial charge in [0.15, 0.2) is 5.78 Å². The molecule has 0 aromatic rings. The lowest BCUT2D eigenvalue weighted by Gasteiger charge is -2.59. The quantitative estimate of drug-likeness (QED) is 0.148. The van der Waals surface area contributed by atoms with E-state index in [9.17, 15) is 44.4 Å². The van der Waals surface area contributed by atoms with Gasteiger partial charge in [-0.3, -0.25) is 24.0 Å². The summed E-state index contributed by atoms with van der Waals surface area (Å²) in [5.74, 6) is -8.14.